The molecule has 2 saturated heterocycles. The average molecular weight is 410 g/mol. The Kier molecular flexibility index (Phi) is 4.83. The molecule has 8 nitrogen and oxygen atoms in total. The molecule has 0 unspecified atom stereocenters. The van der Waals surface area contributed by atoms with Gasteiger partial charge < -0.3 is 20.1 Å². The summed E-state index contributed by atoms with van der Waals surface area (Å²) >= 11 is 0. The zero-order valence-corrected chi connectivity index (χ0v) is 17.4. The minimum absolute atomic E-state index is 0.0568. The number of hydrogen-bond donors (Lipinski definition) is 2. The van der Waals surface area contributed by atoms with Crippen molar-refractivity contribution < 1.29 is 14.9 Å². The van der Waals surface area contributed by atoms with Crippen LogP contribution in [0.5, 0.6) is 5.75 Å². The first-order chi connectivity index (χ1) is 14.5. The highest BCUT2D eigenvalue weighted by atomic mass is 16.5. The van der Waals surface area contributed by atoms with Gasteiger partial charge in [0.05, 0.1) is 18.8 Å². The van der Waals surface area contributed by atoms with Crippen LogP contribution in [-0.4, -0.2) is 71.6 Å². The molecule has 30 heavy (non-hydrogen) atoms. The highest BCUT2D eigenvalue weighted by Crippen LogP contribution is 2.40. The molecule has 2 aliphatic heterocycles. The second-order valence-corrected chi connectivity index (χ2v) is 8.68. The number of nitrogens with two attached hydrogens (primary N) is 2. The molecule has 0 atom stereocenters. The highest BCUT2D eigenvalue weighted by Gasteiger charge is 2.40. The maximum atomic E-state index is 6.49. The molecule has 3 fully saturated rings. The Morgan fingerprint density at radius 1 is 1.20 bits per heavy atom. The van der Waals surface area contributed by atoms with Gasteiger partial charge in [-0.05, 0) is 38.0 Å². The molecule has 1 saturated carbocycles. The van der Waals surface area contributed by atoms with Gasteiger partial charge in [-0.25, -0.2) is 9.97 Å². The Balaban J connectivity index is 1.29. The normalized spacial score (nSPS) is 21.2. The lowest BCUT2D eigenvalue weighted by atomic mass is 10.0. The smallest absolute Gasteiger partial charge is 0.232 e. The zero-order valence-electron chi connectivity index (χ0n) is 17.4. The average Bonchev–Trinajstić information content (AvgIpc) is 3.45. The molecule has 3 heterocycles. The molecule has 0 amide bonds. The lowest BCUT2D eigenvalue weighted by Gasteiger charge is -2.47. The summed E-state index contributed by atoms with van der Waals surface area (Å²) < 4.78 is 11.5. The van der Waals surface area contributed by atoms with Crippen LogP contribution in [0, 0.1) is 0 Å². The van der Waals surface area contributed by atoms with Gasteiger partial charge >= 0.3 is 0 Å². The molecule has 0 radical (unpaired) electrons. The summed E-state index contributed by atoms with van der Waals surface area (Å²) in [4.78, 5) is 13.6. The molecule has 3 aliphatic rings. The van der Waals surface area contributed by atoms with Crippen molar-refractivity contribution >= 4 is 17.2 Å². The van der Waals surface area contributed by atoms with E-state index in [0.29, 0.717) is 23.1 Å². The lowest BCUT2D eigenvalue weighted by molar-refractivity contribution is -0.111. The number of hydrogen-bond acceptors (Lipinski definition) is 7. The van der Waals surface area contributed by atoms with E-state index < -0.39 is 0 Å². The minimum Gasteiger partial charge on any atom is -0.488 e. The van der Waals surface area contributed by atoms with E-state index in [4.69, 9.17) is 20.6 Å². The van der Waals surface area contributed by atoms with Gasteiger partial charge in [-0.1, -0.05) is 0 Å². The fraction of sp³-hybridized carbons (Fsp3) is 0.500. The predicted octanol–water partition coefficient (Wildman–Crippen LogP) is 0.107. The largest absolute Gasteiger partial charge is 0.488 e. The van der Waals surface area contributed by atoms with Crippen molar-refractivity contribution in [1.82, 2.24) is 14.9 Å². The van der Waals surface area contributed by atoms with Crippen molar-refractivity contribution in [3.8, 4) is 5.75 Å². The Morgan fingerprint density at radius 3 is 2.70 bits per heavy atom. The van der Waals surface area contributed by atoms with E-state index in [1.165, 1.54) is 0 Å². The van der Waals surface area contributed by atoms with E-state index in [9.17, 15) is 0 Å². The van der Waals surface area contributed by atoms with Crippen LogP contribution in [0.3, 0.4) is 0 Å². The molecule has 2 aromatic rings. The summed E-state index contributed by atoms with van der Waals surface area (Å²) in [5, 5.41) is 6.49. The Bertz CT molecular complexity index is 948. The topological polar surface area (TPSA) is 102 Å². The van der Waals surface area contributed by atoms with Crippen molar-refractivity contribution in [1.29, 1.82) is 0 Å². The Labute approximate surface area is 176 Å². The van der Waals surface area contributed by atoms with Gasteiger partial charge in [0, 0.05) is 44.0 Å². The molecule has 8 heteroatoms. The SMILES string of the molecule is CC1(Oc2ccc(N)c(C(=[NH2+])c3cc(N4CC(N5CCOCC5)C4)ncn3)c2)CC1. The first-order valence-corrected chi connectivity index (χ1v) is 10.6. The van der Waals surface area contributed by atoms with Crippen molar-refractivity contribution in [3.05, 3.63) is 41.9 Å². The Hall–Kier alpha value is -2.71. The number of ether oxygens (including phenoxy) is 2. The standard InChI is InChI=1S/C22H28N6O2/c1-22(4-5-22)30-16-2-3-18(23)17(10-16)21(24)19-11-20(26-14-25-19)28-12-15(13-28)27-6-8-29-9-7-27/h2-3,10-11,14-15,24H,4-9,12-13,23H2,1H3/p+1. The van der Waals surface area contributed by atoms with Crippen LogP contribution in [0.1, 0.15) is 31.0 Å². The van der Waals surface area contributed by atoms with Crippen molar-refractivity contribution in [3.63, 3.8) is 0 Å². The van der Waals surface area contributed by atoms with Crippen LogP contribution in [0.15, 0.2) is 30.6 Å². The van der Waals surface area contributed by atoms with Crippen molar-refractivity contribution in [2.45, 2.75) is 31.4 Å². The number of nitrogen functional groups attached to an aromatic ring is 1. The monoisotopic (exact) mass is 409 g/mol. The number of aromatic nitrogens is 2. The summed E-state index contributed by atoms with van der Waals surface area (Å²) in [7, 11) is 0. The second kappa shape index (κ2) is 7.52. The summed E-state index contributed by atoms with van der Waals surface area (Å²) in [6.07, 6.45) is 3.71. The van der Waals surface area contributed by atoms with Crippen LogP contribution < -0.4 is 20.8 Å². The van der Waals surface area contributed by atoms with E-state index in [2.05, 4.69) is 26.7 Å². The number of rotatable bonds is 6. The lowest BCUT2D eigenvalue weighted by Crippen LogP contribution is -2.61. The molecular formula is C22H29N6O2+. The van der Waals surface area contributed by atoms with Crippen LogP contribution in [0.4, 0.5) is 11.5 Å². The van der Waals surface area contributed by atoms with Crippen molar-refractivity contribution in [2.75, 3.05) is 50.0 Å². The van der Waals surface area contributed by atoms with Crippen molar-refractivity contribution in [2.24, 2.45) is 0 Å². The summed E-state index contributed by atoms with van der Waals surface area (Å²) in [5.41, 5.74) is 8.73. The molecule has 0 spiro atoms. The maximum absolute atomic E-state index is 6.49. The fourth-order valence-electron chi connectivity index (χ4n) is 4.02. The molecule has 158 valence electrons. The maximum Gasteiger partial charge on any atom is 0.232 e. The predicted molar refractivity (Wildman–Crippen MR) is 115 cm³/mol. The second-order valence-electron chi connectivity index (χ2n) is 8.68. The Morgan fingerprint density at radius 2 is 1.97 bits per heavy atom. The van der Waals surface area contributed by atoms with E-state index in [-0.39, 0.29) is 5.60 Å². The number of nitrogens with zero attached hydrogens (tertiary/aromatic N) is 4. The molecule has 0 bridgehead atoms. The van der Waals surface area contributed by atoms with Gasteiger partial charge in [-0.3, -0.25) is 10.3 Å². The van der Waals surface area contributed by atoms with Gasteiger partial charge in [0.2, 0.25) is 5.71 Å². The molecule has 1 aliphatic carbocycles. The van der Waals surface area contributed by atoms with Crippen LogP contribution in [0.2, 0.25) is 0 Å². The number of morpholine rings is 1. The van der Waals surface area contributed by atoms with Gasteiger partial charge in [0.1, 0.15) is 29.2 Å². The van der Waals surface area contributed by atoms with E-state index >= 15 is 0 Å². The molecule has 4 N–H and O–H groups in total. The fourth-order valence-corrected chi connectivity index (χ4v) is 4.02. The van der Waals surface area contributed by atoms with E-state index in [1.54, 1.807) is 6.33 Å². The number of benzene rings is 1. The summed E-state index contributed by atoms with van der Waals surface area (Å²) in [6.45, 7) is 7.69. The van der Waals surface area contributed by atoms with E-state index in [0.717, 1.165) is 69.4 Å². The quantitative estimate of drug-likeness (QED) is 0.516. The van der Waals surface area contributed by atoms with E-state index in [1.807, 2.05) is 24.3 Å². The first-order valence-electron chi connectivity index (χ1n) is 10.6. The van der Waals surface area contributed by atoms with Crippen LogP contribution >= 0.6 is 0 Å². The minimum atomic E-state index is -0.0568. The molecule has 5 rings (SSSR count). The van der Waals surface area contributed by atoms with Gasteiger partial charge in [0.25, 0.3) is 0 Å². The van der Waals surface area contributed by atoms with Gasteiger partial charge in [-0.15, -0.1) is 0 Å². The molecule has 1 aromatic heterocycles. The molecule has 1 aromatic carbocycles. The third kappa shape index (κ3) is 3.85. The van der Waals surface area contributed by atoms with Crippen LogP contribution in [-0.2, 0) is 4.74 Å². The van der Waals surface area contributed by atoms with Crippen LogP contribution in [0.25, 0.3) is 0 Å². The summed E-state index contributed by atoms with van der Waals surface area (Å²) in [6, 6.07) is 8.15. The number of anilines is 2. The third-order valence-electron chi connectivity index (χ3n) is 6.31. The molecular weight excluding hydrogens is 380 g/mol. The van der Waals surface area contributed by atoms with Gasteiger partial charge in [-0.2, -0.15) is 0 Å². The van der Waals surface area contributed by atoms with Gasteiger partial charge in [0.15, 0.2) is 0 Å². The zero-order chi connectivity index (χ0) is 20.7. The first kappa shape index (κ1) is 19.3. The third-order valence-corrected chi connectivity index (χ3v) is 6.31. The summed E-state index contributed by atoms with van der Waals surface area (Å²) in [5.74, 6) is 1.68. The highest BCUT2D eigenvalue weighted by molar-refractivity contribution is 6.11.